The van der Waals surface area contributed by atoms with Gasteiger partial charge in [-0.3, -0.25) is 9.69 Å². The average molecular weight is 341 g/mol. The molecule has 1 fully saturated rings. The zero-order chi connectivity index (χ0) is 15.8. The van der Waals surface area contributed by atoms with Gasteiger partial charge in [-0.15, -0.1) is 12.4 Å². The first-order valence-corrected chi connectivity index (χ1v) is 8.14. The number of nitrogens with one attached hydrogen (secondary N) is 2. The summed E-state index contributed by atoms with van der Waals surface area (Å²) < 4.78 is 0. The molecule has 1 aliphatic rings. The van der Waals surface area contributed by atoms with Crippen molar-refractivity contribution in [2.75, 3.05) is 57.8 Å². The molecule has 0 saturated carbocycles. The summed E-state index contributed by atoms with van der Waals surface area (Å²) in [6.45, 7) is 8.71. The first-order valence-electron chi connectivity index (χ1n) is 8.14. The topological polar surface area (TPSA) is 47.6 Å². The summed E-state index contributed by atoms with van der Waals surface area (Å²) >= 11 is 0. The normalized spacial score (nSPS) is 15.1. The predicted molar refractivity (Wildman–Crippen MR) is 98.6 cm³/mol. The largest absolute Gasteiger partial charge is 0.369 e. The maximum atomic E-state index is 11.3. The molecular weight excluding hydrogens is 312 g/mol. The number of likely N-dealkylation sites (N-methyl/N-ethyl adjacent to an activating group) is 1. The predicted octanol–water partition coefficient (Wildman–Crippen LogP) is 1.26. The van der Waals surface area contributed by atoms with Crippen LogP contribution < -0.4 is 15.5 Å². The van der Waals surface area contributed by atoms with Gasteiger partial charge in [0.25, 0.3) is 0 Å². The van der Waals surface area contributed by atoms with Crippen molar-refractivity contribution in [1.82, 2.24) is 15.5 Å². The Morgan fingerprint density at radius 1 is 1.22 bits per heavy atom. The third-order valence-corrected chi connectivity index (χ3v) is 4.05. The van der Waals surface area contributed by atoms with Gasteiger partial charge in [0.1, 0.15) is 0 Å². The number of rotatable bonds is 7. The van der Waals surface area contributed by atoms with Crippen molar-refractivity contribution in [3.63, 3.8) is 0 Å². The number of nitrogens with zero attached hydrogens (tertiary/aromatic N) is 2. The molecule has 0 spiro atoms. The zero-order valence-corrected chi connectivity index (χ0v) is 15.0. The fourth-order valence-electron chi connectivity index (χ4n) is 2.81. The van der Waals surface area contributed by atoms with E-state index >= 15 is 0 Å². The van der Waals surface area contributed by atoms with Gasteiger partial charge in [-0.2, -0.15) is 0 Å². The molecule has 2 N–H and O–H groups in total. The van der Waals surface area contributed by atoms with Gasteiger partial charge < -0.3 is 15.5 Å². The molecule has 2 rings (SSSR count). The molecule has 0 atom stereocenters. The van der Waals surface area contributed by atoms with Crippen LogP contribution in [0.3, 0.4) is 0 Å². The van der Waals surface area contributed by atoms with Crippen LogP contribution in [0.2, 0.25) is 0 Å². The zero-order valence-electron chi connectivity index (χ0n) is 14.2. The van der Waals surface area contributed by atoms with Crippen molar-refractivity contribution in [2.45, 2.75) is 13.3 Å². The first kappa shape index (κ1) is 19.7. The van der Waals surface area contributed by atoms with Crippen molar-refractivity contribution in [1.29, 1.82) is 0 Å². The second kappa shape index (κ2) is 10.5. The van der Waals surface area contributed by atoms with Crippen LogP contribution in [0, 0.1) is 6.92 Å². The lowest BCUT2D eigenvalue weighted by molar-refractivity contribution is -0.120. The van der Waals surface area contributed by atoms with Crippen LogP contribution in [0.25, 0.3) is 0 Å². The minimum atomic E-state index is 0. The van der Waals surface area contributed by atoms with Crippen LogP contribution in [0.1, 0.15) is 12.0 Å². The van der Waals surface area contributed by atoms with Crippen LogP contribution in [-0.2, 0) is 4.79 Å². The van der Waals surface area contributed by atoms with Crippen LogP contribution in [0.5, 0.6) is 0 Å². The number of piperazine rings is 1. The molecule has 1 amide bonds. The van der Waals surface area contributed by atoms with E-state index in [2.05, 4.69) is 51.6 Å². The van der Waals surface area contributed by atoms with Gasteiger partial charge in [-0.05, 0) is 44.6 Å². The highest BCUT2D eigenvalue weighted by Gasteiger charge is 2.16. The van der Waals surface area contributed by atoms with Crippen molar-refractivity contribution >= 4 is 24.0 Å². The fraction of sp³-hybridized carbons (Fsp3) is 0.588. The summed E-state index contributed by atoms with van der Waals surface area (Å²) in [6, 6.07) is 8.72. The molecule has 0 bridgehead atoms. The SMILES string of the molecule is CNCC(=O)NCCCN1CCN(c2cccc(C)c2)CC1.Cl. The lowest BCUT2D eigenvalue weighted by atomic mass is 10.2. The Balaban J connectivity index is 0.00000264. The Morgan fingerprint density at radius 2 is 1.96 bits per heavy atom. The summed E-state index contributed by atoms with van der Waals surface area (Å²) in [7, 11) is 1.79. The minimum Gasteiger partial charge on any atom is -0.369 e. The number of hydrogen-bond acceptors (Lipinski definition) is 4. The van der Waals surface area contributed by atoms with Crippen molar-refractivity contribution in [2.24, 2.45) is 0 Å². The second-order valence-corrected chi connectivity index (χ2v) is 5.90. The van der Waals surface area contributed by atoms with E-state index in [0.29, 0.717) is 6.54 Å². The van der Waals surface area contributed by atoms with Gasteiger partial charge in [0, 0.05) is 38.4 Å². The summed E-state index contributed by atoms with van der Waals surface area (Å²) in [5.41, 5.74) is 2.65. The molecule has 0 aromatic heterocycles. The Labute approximate surface area is 145 Å². The summed E-state index contributed by atoms with van der Waals surface area (Å²) in [5.74, 6) is 0.0757. The quantitative estimate of drug-likeness (QED) is 0.734. The van der Waals surface area contributed by atoms with E-state index in [1.54, 1.807) is 7.05 Å². The van der Waals surface area contributed by atoms with Crippen LogP contribution in [0.15, 0.2) is 24.3 Å². The number of anilines is 1. The number of carbonyl (C=O) groups excluding carboxylic acids is 1. The average Bonchev–Trinajstić information content (AvgIpc) is 2.52. The van der Waals surface area contributed by atoms with Gasteiger partial charge in [-0.25, -0.2) is 0 Å². The molecule has 130 valence electrons. The molecule has 0 unspecified atom stereocenters. The number of aryl methyl sites for hydroxylation is 1. The smallest absolute Gasteiger partial charge is 0.233 e. The number of halogens is 1. The Morgan fingerprint density at radius 3 is 2.61 bits per heavy atom. The Bertz CT molecular complexity index is 475. The van der Waals surface area contributed by atoms with Gasteiger partial charge in [0.05, 0.1) is 6.54 Å². The highest BCUT2D eigenvalue weighted by molar-refractivity contribution is 5.85. The molecule has 1 saturated heterocycles. The van der Waals surface area contributed by atoms with Crippen molar-refractivity contribution in [3.8, 4) is 0 Å². The molecule has 6 heteroatoms. The van der Waals surface area contributed by atoms with E-state index < -0.39 is 0 Å². The van der Waals surface area contributed by atoms with Crippen molar-refractivity contribution in [3.05, 3.63) is 29.8 Å². The molecule has 1 aromatic carbocycles. The van der Waals surface area contributed by atoms with Crippen LogP contribution >= 0.6 is 12.4 Å². The minimum absolute atomic E-state index is 0. The summed E-state index contributed by atoms with van der Waals surface area (Å²) in [5, 5.41) is 5.78. The molecule has 0 aliphatic carbocycles. The molecular formula is C17H29ClN4O. The van der Waals surface area contributed by atoms with E-state index in [1.807, 2.05) is 0 Å². The maximum Gasteiger partial charge on any atom is 0.233 e. The van der Waals surface area contributed by atoms with E-state index in [1.165, 1.54) is 11.3 Å². The number of amides is 1. The standard InChI is InChI=1S/C17H28N4O.ClH/c1-15-5-3-6-16(13-15)21-11-9-20(10-12-21)8-4-7-19-17(22)14-18-2;/h3,5-6,13,18H,4,7-12,14H2,1-2H3,(H,19,22);1H. The van der Waals surface area contributed by atoms with Gasteiger partial charge in [-0.1, -0.05) is 12.1 Å². The Kier molecular flexibility index (Phi) is 8.99. The van der Waals surface area contributed by atoms with Crippen molar-refractivity contribution < 1.29 is 4.79 Å². The second-order valence-electron chi connectivity index (χ2n) is 5.90. The van der Waals surface area contributed by atoms with Gasteiger partial charge in [0.2, 0.25) is 5.91 Å². The molecule has 5 nitrogen and oxygen atoms in total. The fourth-order valence-corrected chi connectivity index (χ4v) is 2.81. The number of benzene rings is 1. The van der Waals surface area contributed by atoms with E-state index in [-0.39, 0.29) is 18.3 Å². The van der Waals surface area contributed by atoms with E-state index in [0.717, 1.165) is 45.7 Å². The van der Waals surface area contributed by atoms with E-state index in [9.17, 15) is 4.79 Å². The highest BCUT2D eigenvalue weighted by Crippen LogP contribution is 2.17. The third kappa shape index (κ3) is 6.77. The maximum absolute atomic E-state index is 11.3. The summed E-state index contributed by atoms with van der Waals surface area (Å²) in [4.78, 5) is 16.3. The lowest BCUT2D eigenvalue weighted by Crippen LogP contribution is -2.47. The molecule has 1 heterocycles. The van der Waals surface area contributed by atoms with Gasteiger partial charge in [0.15, 0.2) is 0 Å². The third-order valence-electron chi connectivity index (χ3n) is 4.05. The summed E-state index contributed by atoms with van der Waals surface area (Å²) in [6.07, 6.45) is 1.01. The molecule has 1 aliphatic heterocycles. The molecule has 0 radical (unpaired) electrons. The number of hydrogen-bond donors (Lipinski definition) is 2. The van der Waals surface area contributed by atoms with Gasteiger partial charge >= 0.3 is 0 Å². The van der Waals surface area contributed by atoms with E-state index in [4.69, 9.17) is 0 Å². The van der Waals surface area contributed by atoms with Crippen LogP contribution in [0.4, 0.5) is 5.69 Å². The first-order chi connectivity index (χ1) is 10.7. The van der Waals surface area contributed by atoms with Crippen LogP contribution in [-0.4, -0.2) is 63.7 Å². The number of carbonyl (C=O) groups is 1. The molecule has 1 aromatic rings. The molecule has 23 heavy (non-hydrogen) atoms. The Hall–Kier alpha value is -1.30. The highest BCUT2D eigenvalue weighted by atomic mass is 35.5. The monoisotopic (exact) mass is 340 g/mol. The lowest BCUT2D eigenvalue weighted by Gasteiger charge is -2.36.